The molecule has 35 heavy (non-hydrogen) atoms. The predicted molar refractivity (Wildman–Crippen MR) is 140 cm³/mol. The monoisotopic (exact) mass is 507 g/mol. The number of halogens is 1. The van der Waals surface area contributed by atoms with Gasteiger partial charge in [0.25, 0.3) is 0 Å². The predicted octanol–water partition coefficient (Wildman–Crippen LogP) is 2.33. The maximum absolute atomic E-state index is 10.3. The average molecular weight is 508 g/mol. The van der Waals surface area contributed by atoms with Gasteiger partial charge in [-0.2, -0.15) is 5.26 Å². The Hall–Kier alpha value is -3.65. The summed E-state index contributed by atoms with van der Waals surface area (Å²) in [4.78, 5) is 10.3. The largest absolute Gasteiger partial charge is 0.495 e. The van der Waals surface area contributed by atoms with E-state index in [-0.39, 0.29) is 12.4 Å². The Morgan fingerprint density at radius 2 is 1.60 bits per heavy atom. The van der Waals surface area contributed by atoms with E-state index in [1.807, 2.05) is 6.07 Å². The second-order valence-electron chi connectivity index (χ2n) is 7.02. The van der Waals surface area contributed by atoms with Crippen molar-refractivity contribution < 1.29 is 23.7 Å². The number of amides is 1. The molecule has 1 amide bonds. The number of primary amides is 1. The van der Waals surface area contributed by atoms with Gasteiger partial charge in [-0.15, -0.1) is 12.4 Å². The molecule has 0 saturated carbocycles. The molecule has 0 radical (unpaired) electrons. The normalized spacial score (nSPS) is 11.1. The van der Waals surface area contributed by atoms with Crippen molar-refractivity contribution in [2.24, 2.45) is 17.2 Å². The molecule has 10 nitrogen and oxygen atoms in total. The van der Waals surface area contributed by atoms with Crippen LogP contribution in [0.4, 0.5) is 5.69 Å². The number of nitrogens with zero attached hydrogens (tertiary/aromatic N) is 1. The highest BCUT2D eigenvalue weighted by Crippen LogP contribution is 2.40. The van der Waals surface area contributed by atoms with Gasteiger partial charge < -0.3 is 41.9 Å². The summed E-state index contributed by atoms with van der Waals surface area (Å²) in [6, 6.07) is 10.4. The first-order valence-electron chi connectivity index (χ1n) is 10.4. The molecule has 2 aromatic carbocycles. The minimum absolute atomic E-state index is 0. The van der Waals surface area contributed by atoms with Crippen molar-refractivity contribution in [2.45, 2.75) is 18.9 Å². The number of anilines is 1. The average Bonchev–Trinajstić information content (AvgIpc) is 2.85. The molecular formula is C24H34ClN5O5. The van der Waals surface area contributed by atoms with Crippen molar-refractivity contribution in [1.29, 1.82) is 5.26 Å². The maximum Gasteiger partial charge on any atom is 0.234 e. The lowest BCUT2D eigenvalue weighted by molar-refractivity contribution is -0.119. The van der Waals surface area contributed by atoms with Crippen molar-refractivity contribution in [3.05, 3.63) is 41.5 Å². The molecule has 0 bridgehead atoms. The molecule has 0 aliphatic carbocycles. The van der Waals surface area contributed by atoms with E-state index >= 15 is 0 Å². The lowest BCUT2D eigenvalue weighted by atomic mass is 10.0. The second-order valence-corrected chi connectivity index (χ2v) is 7.02. The van der Waals surface area contributed by atoms with Crippen molar-refractivity contribution in [2.75, 3.05) is 40.7 Å². The van der Waals surface area contributed by atoms with Gasteiger partial charge in [0.1, 0.15) is 5.75 Å². The van der Waals surface area contributed by atoms with E-state index in [2.05, 4.69) is 6.07 Å². The lowest BCUT2D eigenvalue weighted by Crippen LogP contribution is -2.36. The van der Waals surface area contributed by atoms with Gasteiger partial charge in [0.05, 0.1) is 51.8 Å². The van der Waals surface area contributed by atoms with Crippen LogP contribution in [0.3, 0.4) is 0 Å². The second kappa shape index (κ2) is 16.1. The molecule has 0 spiro atoms. The zero-order valence-electron chi connectivity index (χ0n) is 20.4. The summed E-state index contributed by atoms with van der Waals surface area (Å²) in [5.41, 5.74) is 23.6. The highest BCUT2D eigenvalue weighted by Gasteiger charge is 2.15. The maximum atomic E-state index is 10.3. The zero-order valence-corrected chi connectivity index (χ0v) is 21.2. The smallest absolute Gasteiger partial charge is 0.234 e. The molecule has 2 rings (SSSR count). The highest BCUT2D eigenvalue weighted by atomic mass is 35.5. The van der Waals surface area contributed by atoms with Crippen molar-refractivity contribution in [3.63, 3.8) is 0 Å². The van der Waals surface area contributed by atoms with Crippen molar-refractivity contribution in [1.82, 2.24) is 0 Å². The summed E-state index contributed by atoms with van der Waals surface area (Å²) in [6.45, 7) is 0.557. The molecule has 0 aliphatic heterocycles. The molecule has 0 fully saturated rings. The van der Waals surface area contributed by atoms with E-state index in [1.54, 1.807) is 37.5 Å². The van der Waals surface area contributed by atoms with Gasteiger partial charge in [-0.3, -0.25) is 4.79 Å². The van der Waals surface area contributed by atoms with Gasteiger partial charge >= 0.3 is 0 Å². The molecule has 2 aromatic rings. The third-order valence-electron chi connectivity index (χ3n) is 4.75. The van der Waals surface area contributed by atoms with Crippen LogP contribution in [-0.4, -0.2) is 46.9 Å². The molecule has 11 heteroatoms. The quantitative estimate of drug-likeness (QED) is 0.213. The Bertz CT molecular complexity index is 1010. The molecule has 192 valence electrons. The van der Waals surface area contributed by atoms with Crippen molar-refractivity contribution in [3.8, 4) is 29.1 Å². The van der Waals surface area contributed by atoms with Crippen LogP contribution in [-0.2, 0) is 4.79 Å². The molecule has 0 saturated heterocycles. The summed E-state index contributed by atoms with van der Waals surface area (Å²) in [5, 5.41) is 9.58. The van der Waals surface area contributed by atoms with Crippen LogP contribution in [0.2, 0.25) is 0 Å². The molecule has 0 aromatic heterocycles. The number of ether oxygens (including phenoxy) is 4. The number of hydrogen-bond donors (Lipinski definition) is 4. The molecule has 0 aliphatic rings. The van der Waals surface area contributed by atoms with E-state index in [0.29, 0.717) is 52.8 Å². The molecule has 1 atom stereocenters. The molecular weight excluding hydrogens is 474 g/mol. The topological polar surface area (TPSA) is 182 Å². The van der Waals surface area contributed by atoms with E-state index < -0.39 is 11.9 Å². The van der Waals surface area contributed by atoms with Gasteiger partial charge in [0, 0.05) is 0 Å². The van der Waals surface area contributed by atoms with E-state index in [0.717, 1.165) is 12.0 Å². The number of hydrogen-bond acceptors (Lipinski definition) is 9. The van der Waals surface area contributed by atoms with Crippen LogP contribution in [0.1, 0.15) is 24.0 Å². The Morgan fingerprint density at radius 1 is 1.03 bits per heavy atom. The fourth-order valence-corrected chi connectivity index (χ4v) is 2.91. The van der Waals surface area contributed by atoms with Crippen LogP contribution in [0, 0.1) is 11.3 Å². The Balaban J connectivity index is 0.000000989. The fraction of sp³-hybridized carbons (Fsp3) is 0.333. The number of nitriles is 1. The van der Waals surface area contributed by atoms with Gasteiger partial charge in [-0.1, -0.05) is 6.07 Å². The van der Waals surface area contributed by atoms with Gasteiger partial charge in [-0.05, 0) is 60.9 Å². The number of rotatable bonds is 10. The van der Waals surface area contributed by atoms with Crippen LogP contribution in [0.5, 0.6) is 23.0 Å². The summed E-state index contributed by atoms with van der Waals surface area (Å²) < 4.78 is 21.1. The standard InChI is InChI=1S/C19H20N2O4.C5H13N3O.ClH/c1-22-16-6-5-12(8-15(16)21)7-14(11-20)13-9-17(23-2)19(25-4)18(10-13)24-3;6-3-1-2-4(7)5(8)9;/h5-10H,21H2,1-4H3;4H,1-3,6-7H2,(H2,8,9);1H/b14-7-;;/t;4-;/m.0./s1. The van der Waals surface area contributed by atoms with Gasteiger partial charge in [0.2, 0.25) is 11.7 Å². The molecule has 0 heterocycles. The van der Waals surface area contributed by atoms with E-state index in [4.69, 9.17) is 41.9 Å². The first-order valence-corrected chi connectivity index (χ1v) is 10.4. The van der Waals surface area contributed by atoms with Crippen LogP contribution in [0.25, 0.3) is 11.6 Å². The first kappa shape index (κ1) is 31.4. The SMILES string of the molecule is COc1ccc(/C=C(/C#N)c2cc(OC)c(OC)c(OC)c2)cc1N.Cl.NCCC[C@H](N)C(N)=O. The van der Waals surface area contributed by atoms with E-state index in [9.17, 15) is 10.1 Å². The number of nitrogen functional groups attached to an aromatic ring is 1. The number of benzene rings is 2. The minimum Gasteiger partial charge on any atom is -0.495 e. The van der Waals surface area contributed by atoms with Crippen LogP contribution < -0.4 is 41.9 Å². The number of nitrogens with two attached hydrogens (primary N) is 4. The first-order chi connectivity index (χ1) is 16.3. The summed E-state index contributed by atoms with van der Waals surface area (Å²) in [7, 11) is 6.14. The third-order valence-corrected chi connectivity index (χ3v) is 4.75. The van der Waals surface area contributed by atoms with Crippen molar-refractivity contribution >= 4 is 35.7 Å². The highest BCUT2D eigenvalue weighted by molar-refractivity contribution is 5.91. The number of allylic oxidation sites excluding steroid dienone is 1. The van der Waals surface area contributed by atoms with Gasteiger partial charge in [0.15, 0.2) is 11.5 Å². The summed E-state index contributed by atoms with van der Waals surface area (Å²) in [6.07, 6.45) is 3.08. The van der Waals surface area contributed by atoms with Crippen LogP contribution >= 0.6 is 12.4 Å². The fourth-order valence-electron chi connectivity index (χ4n) is 2.91. The minimum atomic E-state index is -0.520. The molecule has 0 unspecified atom stereocenters. The van der Waals surface area contributed by atoms with Gasteiger partial charge in [-0.25, -0.2) is 0 Å². The summed E-state index contributed by atoms with van der Waals surface area (Å²) >= 11 is 0. The number of carbonyl (C=O) groups excluding carboxylic acids is 1. The van der Waals surface area contributed by atoms with E-state index in [1.165, 1.54) is 21.3 Å². The number of methoxy groups -OCH3 is 4. The Morgan fingerprint density at radius 3 is 2.00 bits per heavy atom. The lowest BCUT2D eigenvalue weighted by Gasteiger charge is -2.14. The zero-order chi connectivity index (χ0) is 25.7. The summed E-state index contributed by atoms with van der Waals surface area (Å²) in [5.74, 6) is 1.56. The number of carbonyl (C=O) groups is 1. The third kappa shape index (κ3) is 9.25. The van der Waals surface area contributed by atoms with Crippen LogP contribution in [0.15, 0.2) is 30.3 Å². The Kier molecular flexibility index (Phi) is 14.4. The Labute approximate surface area is 212 Å². The molecule has 8 N–H and O–H groups in total.